The lowest BCUT2D eigenvalue weighted by atomic mass is 10.2. The Kier molecular flexibility index (Phi) is 4.20. The molecule has 0 heterocycles. The molecule has 0 saturated carbocycles. The van der Waals surface area contributed by atoms with Gasteiger partial charge >= 0.3 is 0 Å². The fraction of sp³-hybridized carbons (Fsp3) is 0.143. The number of nitrogen functional groups attached to an aromatic ring is 1. The summed E-state index contributed by atoms with van der Waals surface area (Å²) < 4.78 is 23.4. The topological polar surface area (TPSA) is 56.5 Å². The highest BCUT2D eigenvalue weighted by molar-refractivity contribution is 6.32. The molecular weight excluding hydrogens is 283 g/mol. The van der Waals surface area contributed by atoms with Gasteiger partial charge < -0.3 is 20.5 Å². The normalized spacial score (nSPS) is 10.2. The van der Waals surface area contributed by atoms with Crippen LogP contribution < -0.4 is 20.5 Å². The number of rotatable bonds is 4. The fourth-order valence-corrected chi connectivity index (χ4v) is 1.98. The molecule has 0 aliphatic heterocycles. The van der Waals surface area contributed by atoms with E-state index < -0.39 is 5.82 Å². The molecule has 0 bridgehead atoms. The van der Waals surface area contributed by atoms with Crippen molar-refractivity contribution < 1.29 is 13.9 Å². The van der Waals surface area contributed by atoms with E-state index in [2.05, 4.69) is 5.32 Å². The van der Waals surface area contributed by atoms with Crippen molar-refractivity contribution >= 4 is 28.7 Å². The standard InChI is InChI=1S/C14H14ClFN2O2/c1-19-13-7-12(14(20-2)6-9(13)15)18-11-4-3-8(16)5-10(11)17/h3-7,18H,17H2,1-2H3. The molecule has 0 spiro atoms. The number of hydrogen-bond acceptors (Lipinski definition) is 4. The molecule has 0 saturated heterocycles. The minimum atomic E-state index is -0.395. The van der Waals surface area contributed by atoms with E-state index in [1.807, 2.05) is 0 Å². The summed E-state index contributed by atoms with van der Waals surface area (Å²) >= 11 is 6.03. The number of anilines is 3. The molecule has 2 aromatic carbocycles. The molecule has 0 radical (unpaired) electrons. The molecule has 6 heteroatoms. The van der Waals surface area contributed by atoms with Crippen molar-refractivity contribution in [1.29, 1.82) is 0 Å². The summed E-state index contributed by atoms with van der Waals surface area (Å²) in [5.41, 5.74) is 7.23. The molecule has 4 nitrogen and oxygen atoms in total. The number of halogens is 2. The van der Waals surface area contributed by atoms with Crippen LogP contribution in [0, 0.1) is 5.82 Å². The van der Waals surface area contributed by atoms with E-state index in [0.29, 0.717) is 33.6 Å². The highest BCUT2D eigenvalue weighted by Crippen LogP contribution is 2.38. The lowest BCUT2D eigenvalue weighted by Gasteiger charge is -2.15. The Morgan fingerprint density at radius 2 is 1.75 bits per heavy atom. The average Bonchev–Trinajstić information content (AvgIpc) is 2.43. The van der Waals surface area contributed by atoms with Crippen LogP contribution in [0.5, 0.6) is 11.5 Å². The van der Waals surface area contributed by atoms with Crippen molar-refractivity contribution in [3.63, 3.8) is 0 Å². The van der Waals surface area contributed by atoms with Gasteiger partial charge in [-0.2, -0.15) is 0 Å². The van der Waals surface area contributed by atoms with Crippen LogP contribution in [-0.2, 0) is 0 Å². The van der Waals surface area contributed by atoms with Crippen LogP contribution in [0.3, 0.4) is 0 Å². The van der Waals surface area contributed by atoms with Gasteiger partial charge in [0.05, 0.1) is 36.3 Å². The predicted octanol–water partition coefficient (Wildman–Crippen LogP) is 3.82. The Hall–Kier alpha value is -2.14. The molecule has 0 unspecified atom stereocenters. The Morgan fingerprint density at radius 3 is 2.35 bits per heavy atom. The smallest absolute Gasteiger partial charge is 0.144 e. The van der Waals surface area contributed by atoms with Crippen molar-refractivity contribution in [3.8, 4) is 11.5 Å². The van der Waals surface area contributed by atoms with Gasteiger partial charge in [-0.3, -0.25) is 0 Å². The predicted molar refractivity (Wildman–Crippen MR) is 78.7 cm³/mol. The quantitative estimate of drug-likeness (QED) is 0.842. The summed E-state index contributed by atoms with van der Waals surface area (Å²) in [5, 5.41) is 3.50. The summed E-state index contributed by atoms with van der Waals surface area (Å²) in [5.74, 6) is 0.629. The van der Waals surface area contributed by atoms with E-state index in [4.69, 9.17) is 26.8 Å². The molecule has 0 fully saturated rings. The monoisotopic (exact) mass is 296 g/mol. The minimum absolute atomic E-state index is 0.293. The van der Waals surface area contributed by atoms with Crippen molar-refractivity contribution in [1.82, 2.24) is 0 Å². The molecule has 0 aliphatic carbocycles. The molecule has 2 aromatic rings. The van der Waals surface area contributed by atoms with Gasteiger partial charge in [-0.25, -0.2) is 4.39 Å². The number of nitrogens with one attached hydrogen (secondary N) is 1. The fourth-order valence-electron chi connectivity index (χ4n) is 1.75. The highest BCUT2D eigenvalue weighted by atomic mass is 35.5. The van der Waals surface area contributed by atoms with E-state index in [-0.39, 0.29) is 0 Å². The van der Waals surface area contributed by atoms with Crippen LogP contribution in [0.1, 0.15) is 0 Å². The third-order valence-corrected chi connectivity index (χ3v) is 3.05. The molecule has 3 N–H and O–H groups in total. The van der Waals surface area contributed by atoms with Crippen molar-refractivity contribution in [3.05, 3.63) is 41.2 Å². The zero-order chi connectivity index (χ0) is 14.7. The maximum atomic E-state index is 13.0. The van der Waals surface area contributed by atoms with Crippen LogP contribution in [0.25, 0.3) is 0 Å². The second kappa shape index (κ2) is 5.88. The summed E-state index contributed by atoms with van der Waals surface area (Å²) in [7, 11) is 3.04. The van der Waals surface area contributed by atoms with Gasteiger partial charge in [0.25, 0.3) is 0 Å². The highest BCUT2D eigenvalue weighted by Gasteiger charge is 2.11. The van der Waals surface area contributed by atoms with Crippen LogP contribution in [-0.4, -0.2) is 14.2 Å². The van der Waals surface area contributed by atoms with Gasteiger partial charge in [-0.05, 0) is 18.2 Å². The zero-order valence-corrected chi connectivity index (χ0v) is 11.8. The Morgan fingerprint density at radius 1 is 1.05 bits per heavy atom. The van der Waals surface area contributed by atoms with Gasteiger partial charge in [0.15, 0.2) is 0 Å². The molecule has 0 aliphatic rings. The zero-order valence-electron chi connectivity index (χ0n) is 11.0. The van der Waals surface area contributed by atoms with E-state index in [9.17, 15) is 4.39 Å². The summed E-state index contributed by atoms with van der Waals surface area (Å²) in [6.45, 7) is 0. The largest absolute Gasteiger partial charge is 0.495 e. The van der Waals surface area contributed by atoms with Gasteiger partial charge in [0.2, 0.25) is 0 Å². The average molecular weight is 297 g/mol. The Bertz CT molecular complexity index is 635. The summed E-state index contributed by atoms with van der Waals surface area (Å²) in [6.07, 6.45) is 0. The molecule has 0 atom stereocenters. The van der Waals surface area contributed by atoms with Crippen molar-refractivity contribution in [2.24, 2.45) is 0 Å². The minimum Gasteiger partial charge on any atom is -0.495 e. The molecule has 20 heavy (non-hydrogen) atoms. The molecule has 0 aromatic heterocycles. The van der Waals surface area contributed by atoms with Gasteiger partial charge in [-0.15, -0.1) is 0 Å². The first-order valence-electron chi connectivity index (χ1n) is 5.78. The second-order valence-corrected chi connectivity index (χ2v) is 4.45. The maximum absolute atomic E-state index is 13.0. The molecule has 2 rings (SSSR count). The van der Waals surface area contributed by atoms with Gasteiger partial charge in [-0.1, -0.05) is 11.6 Å². The third kappa shape index (κ3) is 2.88. The first-order valence-corrected chi connectivity index (χ1v) is 6.16. The first kappa shape index (κ1) is 14.3. The third-order valence-electron chi connectivity index (χ3n) is 2.76. The van der Waals surface area contributed by atoms with Crippen LogP contribution in [0.15, 0.2) is 30.3 Å². The number of hydrogen-bond donors (Lipinski definition) is 2. The summed E-state index contributed by atoms with van der Waals surface area (Å²) in [4.78, 5) is 0. The van der Waals surface area contributed by atoms with Crippen molar-refractivity contribution in [2.45, 2.75) is 0 Å². The van der Waals surface area contributed by atoms with Crippen molar-refractivity contribution in [2.75, 3.05) is 25.3 Å². The number of ether oxygens (including phenoxy) is 2. The molecular formula is C14H14ClFN2O2. The van der Waals surface area contributed by atoms with Gasteiger partial charge in [0, 0.05) is 12.1 Å². The lowest BCUT2D eigenvalue weighted by Crippen LogP contribution is -2.00. The van der Waals surface area contributed by atoms with E-state index >= 15 is 0 Å². The van der Waals surface area contributed by atoms with Crippen LogP contribution in [0.4, 0.5) is 21.5 Å². The van der Waals surface area contributed by atoms with E-state index in [1.165, 1.54) is 26.4 Å². The first-order chi connectivity index (χ1) is 9.55. The van der Waals surface area contributed by atoms with E-state index in [1.54, 1.807) is 18.2 Å². The summed E-state index contributed by atoms with van der Waals surface area (Å²) in [6, 6.07) is 7.41. The number of nitrogens with two attached hydrogens (primary N) is 1. The SMILES string of the molecule is COc1cc(Nc2ccc(F)cc2N)c(OC)cc1Cl. The Balaban J connectivity index is 2.41. The second-order valence-electron chi connectivity index (χ2n) is 4.04. The van der Waals surface area contributed by atoms with Gasteiger partial charge in [0.1, 0.15) is 17.3 Å². The number of benzene rings is 2. The maximum Gasteiger partial charge on any atom is 0.144 e. The van der Waals surface area contributed by atoms with E-state index in [0.717, 1.165) is 0 Å². The lowest BCUT2D eigenvalue weighted by molar-refractivity contribution is 0.405. The van der Waals surface area contributed by atoms with Crippen LogP contribution >= 0.6 is 11.6 Å². The van der Waals surface area contributed by atoms with Crippen LogP contribution in [0.2, 0.25) is 5.02 Å². The Labute approximate surface area is 121 Å². The number of methoxy groups -OCH3 is 2. The molecule has 106 valence electrons. The molecule has 0 amide bonds.